The summed E-state index contributed by atoms with van der Waals surface area (Å²) < 4.78 is 5.17. The van der Waals surface area contributed by atoms with Gasteiger partial charge < -0.3 is 4.74 Å². The Morgan fingerprint density at radius 3 is 2.65 bits per heavy atom. The second kappa shape index (κ2) is 6.24. The van der Waals surface area contributed by atoms with Crippen molar-refractivity contribution in [3.63, 3.8) is 0 Å². The van der Waals surface area contributed by atoms with E-state index in [-0.39, 0.29) is 0 Å². The quantitative estimate of drug-likeness (QED) is 0.748. The molecule has 0 aromatic rings. The minimum Gasteiger partial charge on any atom is -0.443 e. The third-order valence-electron chi connectivity index (χ3n) is 3.14. The van der Waals surface area contributed by atoms with Crippen molar-refractivity contribution >= 4 is 6.09 Å². The number of hydrogen-bond acceptors (Lipinski definition) is 3. The summed E-state index contributed by atoms with van der Waals surface area (Å²) in [5.41, 5.74) is 5.29. The molecule has 1 aliphatic carbocycles. The summed E-state index contributed by atoms with van der Waals surface area (Å²) in [5.74, 6) is 0.793. The van der Waals surface area contributed by atoms with Crippen LogP contribution < -0.4 is 10.9 Å². The molecule has 100 valence electrons. The molecule has 2 atom stereocenters. The van der Waals surface area contributed by atoms with Crippen LogP contribution in [-0.4, -0.2) is 17.7 Å². The fourth-order valence-electron chi connectivity index (χ4n) is 2.26. The Morgan fingerprint density at radius 2 is 2.06 bits per heavy atom. The number of hydrogen-bond donors (Lipinski definition) is 2. The maximum atomic E-state index is 11.5. The van der Waals surface area contributed by atoms with Gasteiger partial charge in [-0.15, -0.1) is 0 Å². The molecule has 2 N–H and O–H groups in total. The van der Waals surface area contributed by atoms with Gasteiger partial charge in [0.1, 0.15) is 5.60 Å². The van der Waals surface area contributed by atoms with Crippen molar-refractivity contribution < 1.29 is 9.53 Å². The van der Waals surface area contributed by atoms with Crippen LogP contribution in [0.2, 0.25) is 0 Å². The van der Waals surface area contributed by atoms with Crippen molar-refractivity contribution in [2.75, 3.05) is 0 Å². The van der Waals surface area contributed by atoms with Gasteiger partial charge in [-0.3, -0.25) is 5.43 Å². The number of amides is 1. The minimum absolute atomic E-state index is 0.390. The summed E-state index contributed by atoms with van der Waals surface area (Å²) >= 11 is 0. The molecular weight excluding hydrogens is 216 g/mol. The highest BCUT2D eigenvalue weighted by atomic mass is 16.6. The molecule has 0 heterocycles. The van der Waals surface area contributed by atoms with Gasteiger partial charge in [0.2, 0.25) is 0 Å². The fraction of sp³-hybridized carbons (Fsp3) is 0.923. The molecule has 1 amide bonds. The van der Waals surface area contributed by atoms with Crippen LogP contribution in [0.15, 0.2) is 0 Å². The SMILES string of the molecule is CCC1CCCC(NNC(=O)OC(C)(C)C)C1. The largest absolute Gasteiger partial charge is 0.443 e. The van der Waals surface area contributed by atoms with E-state index in [9.17, 15) is 4.79 Å². The van der Waals surface area contributed by atoms with E-state index < -0.39 is 11.7 Å². The second-order valence-corrected chi connectivity index (χ2v) is 5.91. The lowest BCUT2D eigenvalue weighted by Gasteiger charge is -2.29. The molecule has 1 saturated carbocycles. The Labute approximate surface area is 104 Å². The van der Waals surface area contributed by atoms with Gasteiger partial charge in [0.05, 0.1) is 0 Å². The highest BCUT2D eigenvalue weighted by molar-refractivity contribution is 5.67. The van der Waals surface area contributed by atoms with Crippen LogP contribution in [-0.2, 0) is 4.74 Å². The number of rotatable bonds is 3. The molecule has 2 unspecified atom stereocenters. The summed E-state index contributed by atoms with van der Waals surface area (Å²) in [6.45, 7) is 7.81. The molecule has 0 saturated heterocycles. The lowest BCUT2D eigenvalue weighted by molar-refractivity contribution is 0.0478. The Morgan fingerprint density at radius 1 is 1.35 bits per heavy atom. The number of ether oxygens (including phenoxy) is 1. The van der Waals surface area contributed by atoms with Gasteiger partial charge in [0.15, 0.2) is 0 Å². The van der Waals surface area contributed by atoms with Gasteiger partial charge in [-0.2, -0.15) is 0 Å². The van der Waals surface area contributed by atoms with Crippen LogP contribution in [0.25, 0.3) is 0 Å². The summed E-state index contributed by atoms with van der Waals surface area (Å²) in [7, 11) is 0. The van der Waals surface area contributed by atoms with E-state index in [4.69, 9.17) is 4.74 Å². The van der Waals surface area contributed by atoms with Gasteiger partial charge in [-0.25, -0.2) is 10.2 Å². The molecule has 17 heavy (non-hydrogen) atoms. The van der Waals surface area contributed by atoms with Crippen LogP contribution in [0, 0.1) is 5.92 Å². The second-order valence-electron chi connectivity index (χ2n) is 5.91. The molecule has 0 radical (unpaired) electrons. The van der Waals surface area contributed by atoms with E-state index in [1.165, 1.54) is 19.3 Å². The lowest BCUT2D eigenvalue weighted by atomic mass is 9.84. The monoisotopic (exact) mass is 242 g/mol. The Balaban J connectivity index is 2.23. The third kappa shape index (κ3) is 5.91. The van der Waals surface area contributed by atoms with E-state index in [1.807, 2.05) is 20.8 Å². The van der Waals surface area contributed by atoms with E-state index in [1.54, 1.807) is 0 Å². The lowest BCUT2D eigenvalue weighted by Crippen LogP contribution is -2.47. The van der Waals surface area contributed by atoms with Gasteiger partial charge in [0, 0.05) is 6.04 Å². The summed E-state index contributed by atoms with van der Waals surface area (Å²) in [5, 5.41) is 0. The van der Waals surface area contributed by atoms with Crippen LogP contribution in [0.4, 0.5) is 4.79 Å². The highest BCUT2D eigenvalue weighted by Crippen LogP contribution is 2.26. The maximum Gasteiger partial charge on any atom is 0.422 e. The first-order valence-electron chi connectivity index (χ1n) is 6.65. The van der Waals surface area contributed by atoms with E-state index in [2.05, 4.69) is 17.8 Å². The standard InChI is InChI=1S/C13H26N2O2/c1-5-10-7-6-8-11(9-10)14-15-12(16)17-13(2,3)4/h10-11,14H,5-9H2,1-4H3,(H,15,16). The topological polar surface area (TPSA) is 50.4 Å². The normalized spacial score (nSPS) is 25.4. The Kier molecular flexibility index (Phi) is 5.25. The molecule has 0 aromatic carbocycles. The highest BCUT2D eigenvalue weighted by Gasteiger charge is 2.22. The van der Waals surface area contributed by atoms with Crippen molar-refractivity contribution in [1.29, 1.82) is 0 Å². The zero-order valence-electron chi connectivity index (χ0n) is 11.5. The fourth-order valence-corrected chi connectivity index (χ4v) is 2.26. The predicted molar refractivity (Wildman–Crippen MR) is 68.5 cm³/mol. The Bertz CT molecular complexity index is 248. The molecule has 0 spiro atoms. The minimum atomic E-state index is -0.440. The van der Waals surface area contributed by atoms with E-state index in [0.29, 0.717) is 6.04 Å². The van der Waals surface area contributed by atoms with Gasteiger partial charge >= 0.3 is 6.09 Å². The summed E-state index contributed by atoms with van der Waals surface area (Å²) in [6, 6.07) is 0.390. The first-order chi connectivity index (χ1) is 7.90. The number of hydrazine groups is 1. The third-order valence-corrected chi connectivity index (χ3v) is 3.14. The van der Waals surface area contributed by atoms with Crippen molar-refractivity contribution in [2.45, 2.75) is 71.4 Å². The Hall–Kier alpha value is -0.770. The average Bonchev–Trinajstić information content (AvgIpc) is 2.24. The molecule has 0 bridgehead atoms. The van der Waals surface area contributed by atoms with Crippen molar-refractivity contribution in [2.24, 2.45) is 5.92 Å². The van der Waals surface area contributed by atoms with Gasteiger partial charge in [-0.1, -0.05) is 26.2 Å². The average molecular weight is 242 g/mol. The first kappa shape index (κ1) is 14.3. The van der Waals surface area contributed by atoms with Crippen molar-refractivity contribution in [1.82, 2.24) is 10.9 Å². The van der Waals surface area contributed by atoms with Crippen molar-refractivity contribution in [3.05, 3.63) is 0 Å². The maximum absolute atomic E-state index is 11.5. The number of carbonyl (C=O) groups excluding carboxylic acids is 1. The number of carbonyl (C=O) groups is 1. The van der Waals surface area contributed by atoms with Gasteiger partial charge in [-0.05, 0) is 39.5 Å². The smallest absolute Gasteiger partial charge is 0.422 e. The van der Waals surface area contributed by atoms with Crippen LogP contribution in [0.5, 0.6) is 0 Å². The van der Waals surface area contributed by atoms with E-state index in [0.717, 1.165) is 18.8 Å². The molecular formula is C13H26N2O2. The van der Waals surface area contributed by atoms with Crippen LogP contribution in [0.1, 0.15) is 59.8 Å². The summed E-state index contributed by atoms with van der Waals surface area (Å²) in [4.78, 5) is 11.5. The zero-order chi connectivity index (χ0) is 12.9. The molecule has 4 heteroatoms. The summed E-state index contributed by atoms with van der Waals surface area (Å²) in [6.07, 6.45) is 5.67. The first-order valence-corrected chi connectivity index (χ1v) is 6.65. The molecule has 1 rings (SSSR count). The predicted octanol–water partition coefficient (Wildman–Crippen LogP) is 2.98. The molecule has 1 aliphatic rings. The van der Waals surface area contributed by atoms with E-state index >= 15 is 0 Å². The number of nitrogens with one attached hydrogen (secondary N) is 2. The van der Waals surface area contributed by atoms with Crippen LogP contribution >= 0.6 is 0 Å². The zero-order valence-corrected chi connectivity index (χ0v) is 11.5. The molecule has 0 aliphatic heterocycles. The molecule has 4 nitrogen and oxygen atoms in total. The van der Waals surface area contributed by atoms with Crippen molar-refractivity contribution in [3.8, 4) is 0 Å². The van der Waals surface area contributed by atoms with Crippen LogP contribution in [0.3, 0.4) is 0 Å². The molecule has 0 aromatic heterocycles. The molecule has 1 fully saturated rings. The van der Waals surface area contributed by atoms with Gasteiger partial charge in [0.25, 0.3) is 0 Å².